The van der Waals surface area contributed by atoms with E-state index in [0.29, 0.717) is 17.1 Å². The molecule has 2 aromatic rings. The van der Waals surface area contributed by atoms with Gasteiger partial charge in [-0.3, -0.25) is 4.79 Å². The fourth-order valence-corrected chi connectivity index (χ4v) is 4.13. The number of pyridine rings is 1. The zero-order valence-electron chi connectivity index (χ0n) is 14.6. The van der Waals surface area contributed by atoms with Crippen molar-refractivity contribution in [1.82, 2.24) is 4.98 Å². The Labute approximate surface area is 156 Å². The Kier molecular flexibility index (Phi) is 4.34. The Bertz CT molecular complexity index is 949. The lowest BCUT2D eigenvalue weighted by molar-refractivity contribution is -0.114. The van der Waals surface area contributed by atoms with Gasteiger partial charge in [-0.15, -0.1) is 0 Å². The summed E-state index contributed by atoms with van der Waals surface area (Å²) in [7, 11) is 0. The Morgan fingerprint density at radius 3 is 2.69 bits per heavy atom. The first-order chi connectivity index (χ1) is 12.7. The standard InChI is InChI=1S/C20H18N4OS/c1-3-23-16-8-4-5-9-17(16)26-19(23)12-11-15-14(2)22-24(20(15)25)18-10-6-7-13-21-18/h4-13H,3H2,1-2H3/b15-11-,19-12-. The van der Waals surface area contributed by atoms with E-state index in [2.05, 4.69) is 34.0 Å². The van der Waals surface area contributed by atoms with Gasteiger partial charge < -0.3 is 4.90 Å². The Morgan fingerprint density at radius 2 is 1.92 bits per heavy atom. The Morgan fingerprint density at radius 1 is 1.12 bits per heavy atom. The third kappa shape index (κ3) is 2.82. The SMILES string of the molecule is CCN1/C(=C/C=C2\C(=O)N(c3ccccn3)N=C2C)Sc2ccccc21. The first-order valence-corrected chi connectivity index (χ1v) is 9.28. The van der Waals surface area contributed by atoms with Crippen molar-refractivity contribution in [3.63, 3.8) is 0 Å². The molecule has 0 aliphatic carbocycles. The summed E-state index contributed by atoms with van der Waals surface area (Å²) in [4.78, 5) is 20.4. The molecule has 0 unspecified atom stereocenters. The third-order valence-electron chi connectivity index (χ3n) is 4.27. The first-order valence-electron chi connectivity index (χ1n) is 8.46. The van der Waals surface area contributed by atoms with Gasteiger partial charge in [0.15, 0.2) is 5.82 Å². The fraction of sp³-hybridized carbons (Fsp3) is 0.150. The van der Waals surface area contributed by atoms with Crippen LogP contribution in [0.4, 0.5) is 11.5 Å². The highest BCUT2D eigenvalue weighted by atomic mass is 32.2. The molecular formula is C20H18N4OS. The lowest BCUT2D eigenvalue weighted by atomic mass is 10.1. The summed E-state index contributed by atoms with van der Waals surface area (Å²) < 4.78 is 0. The summed E-state index contributed by atoms with van der Waals surface area (Å²) >= 11 is 1.72. The molecule has 5 nitrogen and oxygen atoms in total. The van der Waals surface area contributed by atoms with E-state index in [9.17, 15) is 4.79 Å². The summed E-state index contributed by atoms with van der Waals surface area (Å²) in [6.45, 7) is 4.85. The molecule has 2 aliphatic rings. The van der Waals surface area contributed by atoms with Crippen LogP contribution in [0.2, 0.25) is 0 Å². The second-order valence-electron chi connectivity index (χ2n) is 5.89. The molecule has 0 radical (unpaired) electrons. The number of nitrogens with zero attached hydrogens (tertiary/aromatic N) is 4. The highest BCUT2D eigenvalue weighted by Crippen LogP contribution is 2.45. The molecule has 4 rings (SSSR count). The molecule has 0 bridgehead atoms. The van der Waals surface area contributed by atoms with E-state index in [1.54, 1.807) is 24.0 Å². The van der Waals surface area contributed by atoms with Crippen LogP contribution in [0.5, 0.6) is 0 Å². The average molecular weight is 362 g/mol. The molecule has 130 valence electrons. The number of thioether (sulfide) groups is 1. The van der Waals surface area contributed by atoms with Crippen LogP contribution in [-0.2, 0) is 4.79 Å². The number of benzene rings is 1. The van der Waals surface area contributed by atoms with E-state index >= 15 is 0 Å². The maximum Gasteiger partial charge on any atom is 0.282 e. The molecule has 6 heteroatoms. The van der Waals surface area contributed by atoms with Crippen LogP contribution in [-0.4, -0.2) is 23.1 Å². The van der Waals surface area contributed by atoms with Gasteiger partial charge >= 0.3 is 0 Å². The second kappa shape index (κ2) is 6.80. The van der Waals surface area contributed by atoms with Gasteiger partial charge in [0.25, 0.3) is 5.91 Å². The number of rotatable bonds is 3. The molecule has 26 heavy (non-hydrogen) atoms. The van der Waals surface area contributed by atoms with Gasteiger partial charge in [0, 0.05) is 17.6 Å². The van der Waals surface area contributed by atoms with Crippen molar-refractivity contribution >= 4 is 34.9 Å². The van der Waals surface area contributed by atoms with Crippen molar-refractivity contribution in [2.24, 2.45) is 5.10 Å². The van der Waals surface area contributed by atoms with Crippen molar-refractivity contribution in [1.29, 1.82) is 0 Å². The zero-order valence-corrected chi connectivity index (χ0v) is 15.4. The number of anilines is 2. The van der Waals surface area contributed by atoms with Crippen molar-refractivity contribution in [2.45, 2.75) is 18.7 Å². The molecule has 0 fully saturated rings. The minimum absolute atomic E-state index is 0.151. The van der Waals surface area contributed by atoms with Crippen LogP contribution >= 0.6 is 11.8 Å². The number of fused-ring (bicyclic) bond motifs is 1. The van der Waals surface area contributed by atoms with Gasteiger partial charge in [0.1, 0.15) is 0 Å². The minimum Gasteiger partial charge on any atom is -0.335 e. The van der Waals surface area contributed by atoms with E-state index in [1.807, 2.05) is 43.3 Å². The van der Waals surface area contributed by atoms with Crippen molar-refractivity contribution in [3.05, 3.63) is 71.4 Å². The molecule has 1 aromatic carbocycles. The minimum atomic E-state index is -0.151. The summed E-state index contributed by atoms with van der Waals surface area (Å²) in [5.74, 6) is 0.382. The molecule has 1 aromatic heterocycles. The van der Waals surface area contributed by atoms with Crippen molar-refractivity contribution in [2.75, 3.05) is 16.5 Å². The van der Waals surface area contributed by atoms with E-state index < -0.39 is 0 Å². The van der Waals surface area contributed by atoms with Gasteiger partial charge in [-0.25, -0.2) is 4.98 Å². The van der Waals surface area contributed by atoms with Gasteiger partial charge in [-0.1, -0.05) is 30.0 Å². The molecular weight excluding hydrogens is 344 g/mol. The largest absolute Gasteiger partial charge is 0.335 e. The zero-order chi connectivity index (χ0) is 18.1. The molecule has 0 atom stereocenters. The summed E-state index contributed by atoms with van der Waals surface area (Å²) in [5, 5.41) is 6.83. The molecule has 0 N–H and O–H groups in total. The molecule has 0 saturated heterocycles. The van der Waals surface area contributed by atoms with Crippen LogP contribution in [0.3, 0.4) is 0 Å². The Hall–Kier alpha value is -2.86. The number of aromatic nitrogens is 1. The van der Waals surface area contributed by atoms with Crippen LogP contribution in [0.25, 0.3) is 0 Å². The number of carbonyl (C=O) groups excluding carboxylic acids is 1. The number of allylic oxidation sites excluding steroid dienone is 2. The third-order valence-corrected chi connectivity index (χ3v) is 5.41. The molecule has 0 saturated carbocycles. The second-order valence-corrected chi connectivity index (χ2v) is 6.95. The van der Waals surface area contributed by atoms with E-state index in [-0.39, 0.29) is 5.91 Å². The highest BCUT2D eigenvalue weighted by Gasteiger charge is 2.29. The monoisotopic (exact) mass is 362 g/mol. The van der Waals surface area contributed by atoms with Crippen molar-refractivity contribution in [3.8, 4) is 0 Å². The molecule has 3 heterocycles. The van der Waals surface area contributed by atoms with Gasteiger partial charge in [0.2, 0.25) is 0 Å². The van der Waals surface area contributed by atoms with Gasteiger partial charge in [-0.2, -0.15) is 10.1 Å². The van der Waals surface area contributed by atoms with E-state index in [0.717, 1.165) is 11.6 Å². The lowest BCUT2D eigenvalue weighted by Gasteiger charge is -2.17. The summed E-state index contributed by atoms with van der Waals surface area (Å²) in [5.41, 5.74) is 2.50. The van der Waals surface area contributed by atoms with Gasteiger partial charge in [0.05, 0.1) is 22.0 Å². The Balaban J connectivity index is 1.63. The van der Waals surface area contributed by atoms with E-state index in [1.165, 1.54) is 15.6 Å². The number of hydrogen-bond donors (Lipinski definition) is 0. The lowest BCUT2D eigenvalue weighted by Crippen LogP contribution is -2.22. The predicted octanol–water partition coefficient (Wildman–Crippen LogP) is 4.20. The maximum atomic E-state index is 12.7. The molecule has 2 aliphatic heterocycles. The number of hydrogen-bond acceptors (Lipinski definition) is 5. The van der Waals surface area contributed by atoms with Crippen LogP contribution in [0, 0.1) is 0 Å². The number of para-hydroxylation sites is 1. The molecule has 1 amide bonds. The summed E-state index contributed by atoms with van der Waals surface area (Å²) in [6, 6.07) is 13.8. The van der Waals surface area contributed by atoms with E-state index in [4.69, 9.17) is 0 Å². The normalized spacial score (nSPS) is 19.5. The fourth-order valence-electron chi connectivity index (χ4n) is 3.00. The van der Waals surface area contributed by atoms with Gasteiger partial charge in [-0.05, 0) is 50.3 Å². The number of carbonyl (C=O) groups is 1. The summed E-state index contributed by atoms with van der Waals surface area (Å²) in [6.07, 6.45) is 5.52. The van der Waals surface area contributed by atoms with Crippen LogP contribution < -0.4 is 9.91 Å². The van der Waals surface area contributed by atoms with Crippen molar-refractivity contribution < 1.29 is 4.79 Å². The molecule has 0 spiro atoms. The highest BCUT2D eigenvalue weighted by molar-refractivity contribution is 8.03. The maximum absolute atomic E-state index is 12.7. The topological polar surface area (TPSA) is 48.8 Å². The van der Waals surface area contributed by atoms with Crippen LogP contribution in [0.1, 0.15) is 13.8 Å². The quantitative estimate of drug-likeness (QED) is 0.768. The average Bonchev–Trinajstić information content (AvgIpc) is 3.17. The van der Waals surface area contributed by atoms with Crippen LogP contribution in [0.15, 0.2) is 81.4 Å². The first kappa shape index (κ1) is 16.6. The predicted molar refractivity (Wildman–Crippen MR) is 106 cm³/mol. The number of hydrazone groups is 1. The number of amides is 1. The smallest absolute Gasteiger partial charge is 0.282 e.